The number of allylic oxidation sites excluding steroid dienone is 8. The number of carbonyl (C=O) groups is 3. The highest BCUT2D eigenvalue weighted by Gasteiger charge is 2.19. The van der Waals surface area contributed by atoms with Crippen LogP contribution in [-0.2, 0) is 28.6 Å². The summed E-state index contributed by atoms with van der Waals surface area (Å²) in [5, 5.41) is 0. The SMILES string of the molecule is CCCCCCC/C=C\C/C=C\CCCCCCCCCCCCCCCCCCCCCC(=O)OCC(COC(=O)CCCCCCCCCCCC)OC(=O)CCCCCCCCCCC/C=C\C/C=C\CCCCCCC. The van der Waals surface area contributed by atoms with Gasteiger partial charge in [0.15, 0.2) is 6.10 Å². The van der Waals surface area contributed by atoms with Crippen molar-refractivity contribution < 1.29 is 28.6 Å². The number of carbonyl (C=O) groups excluding carboxylic acids is 3. The van der Waals surface area contributed by atoms with Crippen molar-refractivity contribution in [2.75, 3.05) is 13.2 Å². The van der Waals surface area contributed by atoms with E-state index in [1.165, 1.54) is 276 Å². The number of ether oxygens (including phenoxy) is 3. The first-order chi connectivity index (χ1) is 39.5. The largest absolute Gasteiger partial charge is 0.462 e. The van der Waals surface area contributed by atoms with Gasteiger partial charge in [0.25, 0.3) is 0 Å². The van der Waals surface area contributed by atoms with E-state index in [9.17, 15) is 14.4 Å². The maximum Gasteiger partial charge on any atom is 0.306 e. The molecule has 0 aromatic heterocycles. The summed E-state index contributed by atoms with van der Waals surface area (Å²) in [6, 6.07) is 0. The molecule has 0 aliphatic heterocycles. The van der Waals surface area contributed by atoms with E-state index >= 15 is 0 Å². The van der Waals surface area contributed by atoms with Crippen molar-refractivity contribution in [2.45, 2.75) is 393 Å². The number of rotatable bonds is 66. The third-order valence-corrected chi connectivity index (χ3v) is 16.1. The highest BCUT2D eigenvalue weighted by Crippen LogP contribution is 2.18. The molecule has 0 saturated carbocycles. The molecule has 1 unspecified atom stereocenters. The van der Waals surface area contributed by atoms with Crippen molar-refractivity contribution in [3.8, 4) is 0 Å². The van der Waals surface area contributed by atoms with Gasteiger partial charge in [-0.05, 0) is 83.5 Å². The van der Waals surface area contributed by atoms with Gasteiger partial charge < -0.3 is 14.2 Å². The minimum atomic E-state index is -0.772. The fourth-order valence-corrected chi connectivity index (χ4v) is 10.7. The van der Waals surface area contributed by atoms with Crippen LogP contribution in [0.25, 0.3) is 0 Å². The van der Waals surface area contributed by atoms with E-state index in [2.05, 4.69) is 69.4 Å². The molecule has 6 heteroatoms. The number of esters is 3. The van der Waals surface area contributed by atoms with Crippen molar-refractivity contribution in [3.63, 3.8) is 0 Å². The third kappa shape index (κ3) is 66.2. The number of hydrogen-bond acceptors (Lipinski definition) is 6. The molecule has 6 nitrogen and oxygen atoms in total. The summed E-state index contributed by atoms with van der Waals surface area (Å²) in [5.41, 5.74) is 0. The van der Waals surface area contributed by atoms with Crippen LogP contribution < -0.4 is 0 Å². The molecule has 0 aliphatic carbocycles. The van der Waals surface area contributed by atoms with E-state index < -0.39 is 6.10 Å². The van der Waals surface area contributed by atoms with Gasteiger partial charge in [-0.25, -0.2) is 0 Å². The van der Waals surface area contributed by atoms with Crippen molar-refractivity contribution in [1.29, 1.82) is 0 Å². The molecule has 0 bridgehead atoms. The van der Waals surface area contributed by atoms with Crippen LogP contribution in [0.15, 0.2) is 48.6 Å². The van der Waals surface area contributed by atoms with Crippen molar-refractivity contribution in [3.05, 3.63) is 48.6 Å². The van der Waals surface area contributed by atoms with Gasteiger partial charge in [0.05, 0.1) is 0 Å². The second-order valence-corrected chi connectivity index (χ2v) is 24.1. The van der Waals surface area contributed by atoms with Crippen LogP contribution in [0.5, 0.6) is 0 Å². The maximum atomic E-state index is 12.9. The molecule has 1 atom stereocenters. The summed E-state index contributed by atoms with van der Waals surface area (Å²) >= 11 is 0. The highest BCUT2D eigenvalue weighted by atomic mass is 16.6. The Hall–Kier alpha value is -2.63. The van der Waals surface area contributed by atoms with Gasteiger partial charge in [-0.3, -0.25) is 14.4 Å². The average Bonchev–Trinajstić information content (AvgIpc) is 3.46. The van der Waals surface area contributed by atoms with E-state index in [1.54, 1.807) is 0 Å². The van der Waals surface area contributed by atoms with Crippen LogP contribution in [0, 0.1) is 0 Å². The highest BCUT2D eigenvalue weighted by molar-refractivity contribution is 5.71. The van der Waals surface area contributed by atoms with E-state index in [4.69, 9.17) is 14.2 Å². The Bertz CT molecular complexity index is 1380. The van der Waals surface area contributed by atoms with Crippen molar-refractivity contribution >= 4 is 17.9 Å². The van der Waals surface area contributed by atoms with Crippen molar-refractivity contribution in [1.82, 2.24) is 0 Å². The average molecular weight is 1120 g/mol. The maximum absolute atomic E-state index is 12.9. The molecule has 0 aliphatic rings. The van der Waals surface area contributed by atoms with Gasteiger partial charge in [0, 0.05) is 19.3 Å². The summed E-state index contributed by atoms with van der Waals surface area (Å²) in [7, 11) is 0. The Kier molecular flexibility index (Phi) is 66.6. The lowest BCUT2D eigenvalue weighted by atomic mass is 10.0. The Balaban J connectivity index is 4.11. The fourth-order valence-electron chi connectivity index (χ4n) is 10.7. The molecule has 0 radical (unpaired) electrons. The molecule has 0 rings (SSSR count). The molecule has 80 heavy (non-hydrogen) atoms. The number of unbranched alkanes of at least 4 members (excludes halogenated alkanes) is 47. The normalized spacial score (nSPS) is 12.3. The van der Waals surface area contributed by atoms with Gasteiger partial charge in [-0.2, -0.15) is 0 Å². The quantitative estimate of drug-likeness (QED) is 0.0261. The minimum Gasteiger partial charge on any atom is -0.462 e. The second kappa shape index (κ2) is 68.9. The molecule has 0 saturated heterocycles. The molecule has 0 heterocycles. The molecule has 0 fully saturated rings. The Labute approximate surface area is 498 Å². The molecule has 468 valence electrons. The third-order valence-electron chi connectivity index (χ3n) is 16.1. The van der Waals surface area contributed by atoms with Crippen LogP contribution >= 0.6 is 0 Å². The molecule has 0 spiro atoms. The lowest BCUT2D eigenvalue weighted by Gasteiger charge is -2.18. The van der Waals surface area contributed by atoms with Gasteiger partial charge in [0.1, 0.15) is 13.2 Å². The van der Waals surface area contributed by atoms with E-state index in [-0.39, 0.29) is 31.1 Å². The van der Waals surface area contributed by atoms with Crippen LogP contribution in [0.3, 0.4) is 0 Å². The summed E-state index contributed by atoms with van der Waals surface area (Å²) in [5.74, 6) is -0.850. The zero-order valence-electron chi connectivity index (χ0n) is 53.9. The number of hydrogen-bond donors (Lipinski definition) is 0. The van der Waals surface area contributed by atoms with E-state index in [0.717, 1.165) is 70.6 Å². The Morgan fingerprint density at radius 2 is 0.450 bits per heavy atom. The van der Waals surface area contributed by atoms with Gasteiger partial charge in [-0.1, -0.05) is 333 Å². The Morgan fingerprint density at radius 3 is 0.688 bits per heavy atom. The first-order valence-corrected chi connectivity index (χ1v) is 35.6. The first kappa shape index (κ1) is 77.4. The molecule has 0 amide bonds. The van der Waals surface area contributed by atoms with Crippen LogP contribution in [0.4, 0.5) is 0 Å². The minimum absolute atomic E-state index is 0.0696. The lowest BCUT2D eigenvalue weighted by Crippen LogP contribution is -2.30. The van der Waals surface area contributed by atoms with Crippen molar-refractivity contribution in [2.24, 2.45) is 0 Å². The summed E-state index contributed by atoms with van der Waals surface area (Å²) < 4.78 is 16.9. The molecule has 0 N–H and O–H groups in total. The predicted molar refractivity (Wildman–Crippen MR) is 349 cm³/mol. The summed E-state index contributed by atoms with van der Waals surface area (Å²) in [6.07, 6.45) is 87.3. The first-order valence-electron chi connectivity index (χ1n) is 35.6. The predicted octanol–water partition coefficient (Wildman–Crippen LogP) is 24.5. The summed E-state index contributed by atoms with van der Waals surface area (Å²) in [4.78, 5) is 38.3. The Morgan fingerprint density at radius 1 is 0.250 bits per heavy atom. The smallest absolute Gasteiger partial charge is 0.306 e. The zero-order valence-corrected chi connectivity index (χ0v) is 53.9. The van der Waals surface area contributed by atoms with Gasteiger partial charge in [-0.15, -0.1) is 0 Å². The monoisotopic (exact) mass is 1120 g/mol. The van der Waals surface area contributed by atoms with Gasteiger partial charge >= 0.3 is 17.9 Å². The lowest BCUT2D eigenvalue weighted by molar-refractivity contribution is -0.167. The molecular weight excluding hydrogens is 985 g/mol. The summed E-state index contributed by atoms with van der Waals surface area (Å²) in [6.45, 7) is 6.66. The molecular formula is C74H136O6. The van der Waals surface area contributed by atoms with Gasteiger partial charge in [0.2, 0.25) is 0 Å². The van der Waals surface area contributed by atoms with E-state index in [1.807, 2.05) is 0 Å². The van der Waals surface area contributed by atoms with Crippen LogP contribution in [0.1, 0.15) is 387 Å². The standard InChI is InChI=1S/C74H136O6/c1-4-7-10-13-16-19-22-24-26-28-30-32-33-34-35-36-37-38-39-40-41-43-44-46-48-50-52-55-58-61-64-67-73(76)79-70-71(69-78-72(75)66-63-60-57-54-21-18-15-12-9-6-3)80-74(77)68-65-62-59-56-53-51-49-47-45-42-31-29-27-25-23-20-17-14-11-8-5-2/h22-25,28-31,71H,4-21,26-27,32-70H2,1-3H3/b24-22-,25-23-,30-28-,31-29-. The van der Waals surface area contributed by atoms with Crippen LogP contribution in [-0.4, -0.2) is 37.2 Å². The molecule has 0 aromatic rings. The second-order valence-electron chi connectivity index (χ2n) is 24.1. The van der Waals surface area contributed by atoms with Crippen LogP contribution in [0.2, 0.25) is 0 Å². The topological polar surface area (TPSA) is 78.9 Å². The fraction of sp³-hybridized carbons (Fsp3) is 0.851. The van der Waals surface area contributed by atoms with E-state index in [0.29, 0.717) is 19.3 Å². The zero-order chi connectivity index (χ0) is 57.8. The molecule has 0 aromatic carbocycles.